The van der Waals surface area contributed by atoms with Crippen LogP contribution in [0.3, 0.4) is 0 Å². The smallest absolute Gasteiger partial charge is 0.372 e. The highest BCUT2D eigenvalue weighted by atomic mass is 16.6. The predicted molar refractivity (Wildman–Crippen MR) is 100 cm³/mol. The molecule has 0 fully saturated rings. The van der Waals surface area contributed by atoms with Crippen molar-refractivity contribution < 1.29 is 10.0 Å². The summed E-state index contributed by atoms with van der Waals surface area (Å²) in [7, 11) is 0. The fourth-order valence-electron chi connectivity index (χ4n) is 2.88. The van der Waals surface area contributed by atoms with Crippen LogP contribution in [0.15, 0.2) is 54.7 Å². The van der Waals surface area contributed by atoms with Gasteiger partial charge in [-0.3, -0.25) is 0 Å². The highest BCUT2D eigenvalue weighted by molar-refractivity contribution is 5.63. The van der Waals surface area contributed by atoms with Gasteiger partial charge < -0.3 is 20.1 Å². The second kappa shape index (κ2) is 7.13. The Hall–Kier alpha value is -2.93. The van der Waals surface area contributed by atoms with Crippen LogP contribution >= 0.6 is 0 Å². The molecule has 0 spiro atoms. The second-order valence-corrected chi connectivity index (χ2v) is 6.64. The van der Waals surface area contributed by atoms with Crippen LogP contribution in [0, 0.1) is 10.1 Å². The number of benzene rings is 1. The van der Waals surface area contributed by atoms with Crippen molar-refractivity contribution in [1.82, 2.24) is 9.38 Å². The fourth-order valence-corrected chi connectivity index (χ4v) is 2.88. The summed E-state index contributed by atoms with van der Waals surface area (Å²) in [6.45, 7) is 4.27. The van der Waals surface area contributed by atoms with Crippen LogP contribution in [-0.2, 0) is 6.54 Å². The Bertz CT molecular complexity index is 906. The number of nitro groups is 1. The number of pyridine rings is 1. The summed E-state index contributed by atoms with van der Waals surface area (Å²) < 4.78 is 1.47. The Labute approximate surface area is 151 Å². The van der Waals surface area contributed by atoms with E-state index in [0.29, 0.717) is 18.6 Å². The van der Waals surface area contributed by atoms with Crippen molar-refractivity contribution in [3.05, 3.63) is 70.4 Å². The number of fused-ring (bicyclic) bond motifs is 1. The molecule has 2 aromatic heterocycles. The van der Waals surface area contributed by atoms with Crippen molar-refractivity contribution >= 4 is 17.3 Å². The first-order chi connectivity index (χ1) is 12.4. The molecule has 0 saturated heterocycles. The zero-order valence-electron chi connectivity index (χ0n) is 14.9. The number of rotatable bonds is 7. The van der Waals surface area contributed by atoms with Crippen molar-refractivity contribution in [2.75, 3.05) is 11.4 Å². The summed E-state index contributed by atoms with van der Waals surface area (Å²) in [5.41, 5.74) is 0.507. The number of anilines is 1. The molecule has 1 N–H and O–H groups in total. The third kappa shape index (κ3) is 3.67. The topological polar surface area (TPSA) is 83.9 Å². The van der Waals surface area contributed by atoms with E-state index in [4.69, 9.17) is 0 Å². The van der Waals surface area contributed by atoms with Gasteiger partial charge >= 0.3 is 5.82 Å². The van der Waals surface area contributed by atoms with Crippen molar-refractivity contribution in [1.29, 1.82) is 0 Å². The summed E-state index contributed by atoms with van der Waals surface area (Å²) >= 11 is 0. The van der Waals surface area contributed by atoms with Crippen LogP contribution in [0.4, 0.5) is 11.6 Å². The number of aromatic nitrogens is 2. The van der Waals surface area contributed by atoms with E-state index in [1.54, 1.807) is 36.2 Å². The van der Waals surface area contributed by atoms with Crippen LogP contribution in [0.2, 0.25) is 0 Å². The molecule has 26 heavy (non-hydrogen) atoms. The van der Waals surface area contributed by atoms with Crippen LogP contribution in [0.25, 0.3) is 5.65 Å². The van der Waals surface area contributed by atoms with Crippen LogP contribution in [0.5, 0.6) is 0 Å². The molecule has 0 aliphatic heterocycles. The minimum atomic E-state index is -0.988. The SMILES string of the molecule is CCC(C)(O)CN(Cc1ccccc1)c1nc2ccccn2c1[N+](=O)[O-]. The summed E-state index contributed by atoms with van der Waals surface area (Å²) in [5.74, 6) is 0.169. The number of aliphatic hydroxyl groups is 1. The maximum absolute atomic E-state index is 11.7. The lowest BCUT2D eigenvalue weighted by molar-refractivity contribution is -0.389. The molecule has 3 rings (SSSR count). The molecular weight excluding hydrogens is 332 g/mol. The van der Waals surface area contributed by atoms with E-state index in [0.717, 1.165) is 5.56 Å². The van der Waals surface area contributed by atoms with E-state index in [9.17, 15) is 15.2 Å². The quantitative estimate of drug-likeness (QED) is 0.519. The monoisotopic (exact) mass is 354 g/mol. The van der Waals surface area contributed by atoms with E-state index in [2.05, 4.69) is 4.98 Å². The average molecular weight is 354 g/mol. The third-order valence-electron chi connectivity index (χ3n) is 4.47. The number of hydrogen-bond acceptors (Lipinski definition) is 5. The Morgan fingerprint density at radius 3 is 2.58 bits per heavy atom. The molecule has 3 aromatic rings. The molecule has 0 bridgehead atoms. The van der Waals surface area contributed by atoms with Gasteiger partial charge in [0.25, 0.3) is 0 Å². The van der Waals surface area contributed by atoms with Crippen molar-refractivity contribution in [2.24, 2.45) is 0 Å². The molecule has 1 atom stereocenters. The molecule has 0 aliphatic rings. The molecule has 0 amide bonds. The van der Waals surface area contributed by atoms with E-state index in [1.165, 1.54) is 4.40 Å². The van der Waals surface area contributed by atoms with E-state index >= 15 is 0 Å². The zero-order chi connectivity index (χ0) is 18.7. The van der Waals surface area contributed by atoms with Gasteiger partial charge in [-0.05, 0) is 29.9 Å². The van der Waals surface area contributed by atoms with Gasteiger partial charge in [0.15, 0.2) is 0 Å². The number of imidazole rings is 1. The molecule has 0 saturated carbocycles. The lowest BCUT2D eigenvalue weighted by Crippen LogP contribution is -2.40. The lowest BCUT2D eigenvalue weighted by Gasteiger charge is -2.30. The molecule has 7 heteroatoms. The van der Waals surface area contributed by atoms with Crippen LogP contribution in [-0.4, -0.2) is 31.6 Å². The second-order valence-electron chi connectivity index (χ2n) is 6.64. The average Bonchev–Trinajstić information content (AvgIpc) is 3.01. The Morgan fingerprint density at radius 2 is 1.92 bits per heavy atom. The molecule has 2 heterocycles. The van der Waals surface area contributed by atoms with Gasteiger partial charge in [-0.15, -0.1) is 0 Å². The minimum Gasteiger partial charge on any atom is -0.388 e. The molecule has 1 aromatic carbocycles. The highest BCUT2D eigenvalue weighted by Gasteiger charge is 2.31. The Morgan fingerprint density at radius 1 is 1.23 bits per heavy atom. The predicted octanol–water partition coefficient (Wildman–Crippen LogP) is 3.41. The Kier molecular flexibility index (Phi) is 4.90. The lowest BCUT2D eigenvalue weighted by atomic mass is 10.0. The van der Waals surface area contributed by atoms with E-state index in [-0.39, 0.29) is 18.2 Å². The minimum absolute atomic E-state index is 0.0940. The van der Waals surface area contributed by atoms with Gasteiger partial charge in [-0.1, -0.05) is 43.3 Å². The normalized spacial score (nSPS) is 13.5. The van der Waals surface area contributed by atoms with Crippen molar-refractivity contribution in [2.45, 2.75) is 32.4 Å². The molecule has 7 nitrogen and oxygen atoms in total. The summed E-state index contributed by atoms with van der Waals surface area (Å²) in [4.78, 5) is 17.6. The maximum Gasteiger partial charge on any atom is 0.372 e. The van der Waals surface area contributed by atoms with Gasteiger partial charge in [-0.2, -0.15) is 9.38 Å². The number of hydrogen-bond donors (Lipinski definition) is 1. The third-order valence-corrected chi connectivity index (χ3v) is 4.47. The van der Waals surface area contributed by atoms with Gasteiger partial charge in [0, 0.05) is 19.2 Å². The standard InChI is InChI=1S/C19H22N4O3/c1-3-19(2,24)14-21(13-15-9-5-4-6-10-15)17-18(23(25)26)22-12-8-7-11-16(22)20-17/h4-12,24H,3,13-14H2,1-2H3. The summed E-state index contributed by atoms with van der Waals surface area (Å²) in [6, 6.07) is 14.9. The van der Waals surface area contributed by atoms with Gasteiger partial charge in [0.05, 0.1) is 11.8 Å². The Balaban J connectivity index is 2.10. The van der Waals surface area contributed by atoms with Gasteiger partial charge in [0.1, 0.15) is 0 Å². The first-order valence-corrected chi connectivity index (χ1v) is 8.54. The van der Waals surface area contributed by atoms with E-state index < -0.39 is 10.5 Å². The molecule has 0 radical (unpaired) electrons. The molecule has 0 aliphatic carbocycles. The number of nitrogens with zero attached hydrogens (tertiary/aromatic N) is 4. The van der Waals surface area contributed by atoms with Crippen LogP contribution < -0.4 is 4.90 Å². The van der Waals surface area contributed by atoms with Gasteiger partial charge in [0.2, 0.25) is 11.5 Å². The van der Waals surface area contributed by atoms with Crippen molar-refractivity contribution in [3.8, 4) is 0 Å². The molecule has 136 valence electrons. The fraction of sp³-hybridized carbons (Fsp3) is 0.316. The largest absolute Gasteiger partial charge is 0.388 e. The molecular formula is C19H22N4O3. The maximum atomic E-state index is 11.7. The van der Waals surface area contributed by atoms with E-state index in [1.807, 2.05) is 37.3 Å². The van der Waals surface area contributed by atoms with Gasteiger partial charge in [-0.25, -0.2) is 0 Å². The van der Waals surface area contributed by atoms with Crippen LogP contribution in [0.1, 0.15) is 25.8 Å². The zero-order valence-corrected chi connectivity index (χ0v) is 14.9. The summed E-state index contributed by atoms with van der Waals surface area (Å²) in [5, 5.41) is 22.3. The highest BCUT2D eigenvalue weighted by Crippen LogP contribution is 2.31. The first-order valence-electron chi connectivity index (χ1n) is 8.54. The first kappa shape index (κ1) is 17.9. The van der Waals surface area contributed by atoms with Crippen molar-refractivity contribution in [3.63, 3.8) is 0 Å². The summed E-state index contributed by atoms with van der Waals surface area (Å²) in [6.07, 6.45) is 2.15. The molecule has 1 unspecified atom stereocenters.